The van der Waals surface area contributed by atoms with Crippen LogP contribution in [0.3, 0.4) is 0 Å². The molecular formula is C15H23N. The van der Waals surface area contributed by atoms with E-state index in [1.807, 2.05) is 0 Å². The molecule has 0 saturated heterocycles. The minimum Gasteiger partial charge on any atom is -0.382 e. The van der Waals surface area contributed by atoms with Gasteiger partial charge >= 0.3 is 0 Å². The smallest absolute Gasteiger partial charge is 0.0345 e. The summed E-state index contributed by atoms with van der Waals surface area (Å²) in [5, 5.41) is 3.51. The van der Waals surface area contributed by atoms with Gasteiger partial charge in [-0.3, -0.25) is 0 Å². The SMILES string of the molecule is C=C(NC(CC)CC)c1cccc(C)c1C. The lowest BCUT2D eigenvalue weighted by atomic mass is 10.0. The third kappa shape index (κ3) is 2.88. The Morgan fingerprint density at radius 2 is 1.88 bits per heavy atom. The van der Waals surface area contributed by atoms with E-state index in [4.69, 9.17) is 0 Å². The number of hydrogen-bond acceptors (Lipinski definition) is 1. The Balaban J connectivity index is 2.84. The Labute approximate surface area is 99.6 Å². The molecular weight excluding hydrogens is 194 g/mol. The summed E-state index contributed by atoms with van der Waals surface area (Å²) < 4.78 is 0. The molecule has 0 heterocycles. The highest BCUT2D eigenvalue weighted by molar-refractivity contribution is 5.65. The molecule has 0 aliphatic heterocycles. The minimum atomic E-state index is 0.535. The second-order valence-corrected chi connectivity index (χ2v) is 4.38. The van der Waals surface area contributed by atoms with Crippen LogP contribution in [0.5, 0.6) is 0 Å². The Morgan fingerprint density at radius 3 is 2.44 bits per heavy atom. The quantitative estimate of drug-likeness (QED) is 0.784. The molecule has 0 aliphatic carbocycles. The largest absolute Gasteiger partial charge is 0.382 e. The van der Waals surface area contributed by atoms with Gasteiger partial charge in [0.2, 0.25) is 0 Å². The van der Waals surface area contributed by atoms with Crippen molar-refractivity contribution < 1.29 is 0 Å². The van der Waals surface area contributed by atoms with E-state index in [-0.39, 0.29) is 0 Å². The number of benzene rings is 1. The Kier molecular flexibility index (Phi) is 4.60. The highest BCUT2D eigenvalue weighted by atomic mass is 14.9. The van der Waals surface area contributed by atoms with Gasteiger partial charge in [0.05, 0.1) is 0 Å². The monoisotopic (exact) mass is 217 g/mol. The van der Waals surface area contributed by atoms with Crippen LogP contribution in [0, 0.1) is 13.8 Å². The molecule has 0 spiro atoms. The first kappa shape index (κ1) is 12.8. The second kappa shape index (κ2) is 5.74. The highest BCUT2D eigenvalue weighted by Gasteiger charge is 2.08. The summed E-state index contributed by atoms with van der Waals surface area (Å²) in [6.45, 7) is 12.9. The van der Waals surface area contributed by atoms with Gasteiger partial charge in [-0.05, 0) is 37.8 Å². The van der Waals surface area contributed by atoms with Gasteiger partial charge in [-0.1, -0.05) is 38.6 Å². The Hall–Kier alpha value is -1.24. The minimum absolute atomic E-state index is 0.535. The summed E-state index contributed by atoms with van der Waals surface area (Å²) in [5.74, 6) is 0. The molecule has 0 atom stereocenters. The molecule has 0 radical (unpaired) electrons. The van der Waals surface area contributed by atoms with Gasteiger partial charge in [-0.2, -0.15) is 0 Å². The predicted octanol–water partition coefficient (Wildman–Crippen LogP) is 4.05. The van der Waals surface area contributed by atoms with Gasteiger partial charge in [0.25, 0.3) is 0 Å². The maximum Gasteiger partial charge on any atom is 0.0345 e. The van der Waals surface area contributed by atoms with E-state index >= 15 is 0 Å². The molecule has 1 N–H and O–H groups in total. The van der Waals surface area contributed by atoms with Gasteiger partial charge < -0.3 is 5.32 Å². The molecule has 0 unspecified atom stereocenters. The average Bonchev–Trinajstić information content (AvgIpc) is 2.29. The van der Waals surface area contributed by atoms with Crippen LogP contribution in [0.15, 0.2) is 24.8 Å². The lowest BCUT2D eigenvalue weighted by molar-refractivity contribution is 0.561. The summed E-state index contributed by atoms with van der Waals surface area (Å²) in [6, 6.07) is 6.91. The van der Waals surface area contributed by atoms with Crippen LogP contribution in [0.25, 0.3) is 5.70 Å². The first-order valence-electron chi connectivity index (χ1n) is 6.12. The predicted molar refractivity (Wildman–Crippen MR) is 72.5 cm³/mol. The molecule has 1 aromatic carbocycles. The van der Waals surface area contributed by atoms with Crippen LogP contribution >= 0.6 is 0 Å². The average molecular weight is 217 g/mol. The van der Waals surface area contributed by atoms with Crippen molar-refractivity contribution in [1.29, 1.82) is 0 Å². The summed E-state index contributed by atoms with van der Waals surface area (Å²) >= 11 is 0. The van der Waals surface area contributed by atoms with E-state index < -0.39 is 0 Å². The van der Waals surface area contributed by atoms with Crippen molar-refractivity contribution in [2.24, 2.45) is 0 Å². The fourth-order valence-corrected chi connectivity index (χ4v) is 1.89. The molecule has 1 aromatic rings. The maximum absolute atomic E-state index is 4.15. The van der Waals surface area contributed by atoms with Crippen molar-refractivity contribution in [3.8, 4) is 0 Å². The van der Waals surface area contributed by atoms with Crippen molar-refractivity contribution in [2.45, 2.75) is 46.6 Å². The van der Waals surface area contributed by atoms with Gasteiger partial charge in [0.15, 0.2) is 0 Å². The summed E-state index contributed by atoms with van der Waals surface area (Å²) in [4.78, 5) is 0. The standard InChI is InChI=1S/C15H23N/c1-6-14(7-2)16-13(5)15-10-8-9-11(3)12(15)4/h8-10,14,16H,5-7H2,1-4H3. The first-order valence-corrected chi connectivity index (χ1v) is 6.12. The van der Waals surface area contributed by atoms with E-state index in [2.05, 4.69) is 57.8 Å². The van der Waals surface area contributed by atoms with E-state index in [9.17, 15) is 0 Å². The first-order chi connectivity index (χ1) is 7.60. The van der Waals surface area contributed by atoms with Crippen molar-refractivity contribution in [3.63, 3.8) is 0 Å². The van der Waals surface area contributed by atoms with Crippen LogP contribution in [0.4, 0.5) is 0 Å². The Bertz CT molecular complexity index is 362. The van der Waals surface area contributed by atoms with Gasteiger partial charge in [0, 0.05) is 17.3 Å². The molecule has 1 rings (SSSR count). The molecule has 1 heteroatoms. The third-order valence-electron chi connectivity index (χ3n) is 3.29. The van der Waals surface area contributed by atoms with Crippen LogP contribution < -0.4 is 5.32 Å². The topological polar surface area (TPSA) is 12.0 Å². The summed E-state index contributed by atoms with van der Waals surface area (Å²) in [5.41, 5.74) is 4.94. The molecule has 0 aliphatic rings. The Morgan fingerprint density at radius 1 is 1.25 bits per heavy atom. The zero-order chi connectivity index (χ0) is 12.1. The van der Waals surface area contributed by atoms with E-state index in [0.29, 0.717) is 6.04 Å². The molecule has 0 amide bonds. The number of nitrogens with one attached hydrogen (secondary N) is 1. The van der Waals surface area contributed by atoms with Crippen molar-refractivity contribution in [1.82, 2.24) is 5.32 Å². The van der Waals surface area contributed by atoms with Gasteiger partial charge in [-0.15, -0.1) is 0 Å². The zero-order valence-electron chi connectivity index (χ0n) is 10.9. The molecule has 0 aromatic heterocycles. The lowest BCUT2D eigenvalue weighted by Crippen LogP contribution is -2.26. The molecule has 0 fully saturated rings. The third-order valence-corrected chi connectivity index (χ3v) is 3.29. The normalized spacial score (nSPS) is 10.6. The van der Waals surface area contributed by atoms with Gasteiger partial charge in [0.1, 0.15) is 0 Å². The van der Waals surface area contributed by atoms with E-state index in [1.165, 1.54) is 16.7 Å². The second-order valence-electron chi connectivity index (χ2n) is 4.38. The zero-order valence-corrected chi connectivity index (χ0v) is 10.9. The van der Waals surface area contributed by atoms with E-state index in [1.54, 1.807) is 0 Å². The molecule has 16 heavy (non-hydrogen) atoms. The maximum atomic E-state index is 4.15. The number of aryl methyl sites for hydroxylation is 1. The van der Waals surface area contributed by atoms with Gasteiger partial charge in [-0.25, -0.2) is 0 Å². The molecule has 0 saturated carbocycles. The fraction of sp³-hybridized carbons (Fsp3) is 0.467. The molecule has 88 valence electrons. The number of hydrogen-bond donors (Lipinski definition) is 1. The van der Waals surface area contributed by atoms with Crippen LogP contribution in [0.1, 0.15) is 43.4 Å². The summed E-state index contributed by atoms with van der Waals surface area (Å²) in [7, 11) is 0. The van der Waals surface area contributed by atoms with Crippen LogP contribution in [0.2, 0.25) is 0 Å². The van der Waals surface area contributed by atoms with Crippen molar-refractivity contribution in [3.05, 3.63) is 41.5 Å². The molecule has 1 nitrogen and oxygen atoms in total. The van der Waals surface area contributed by atoms with Crippen molar-refractivity contribution in [2.75, 3.05) is 0 Å². The lowest BCUT2D eigenvalue weighted by Gasteiger charge is -2.20. The van der Waals surface area contributed by atoms with Crippen LogP contribution in [-0.2, 0) is 0 Å². The van der Waals surface area contributed by atoms with E-state index in [0.717, 1.165) is 18.5 Å². The van der Waals surface area contributed by atoms with Crippen LogP contribution in [-0.4, -0.2) is 6.04 Å². The number of rotatable bonds is 5. The fourth-order valence-electron chi connectivity index (χ4n) is 1.89. The molecule has 0 bridgehead atoms. The summed E-state index contributed by atoms with van der Waals surface area (Å²) in [6.07, 6.45) is 2.28. The van der Waals surface area contributed by atoms with Crippen molar-refractivity contribution >= 4 is 5.70 Å². The highest BCUT2D eigenvalue weighted by Crippen LogP contribution is 2.19.